The number of piperidine rings is 1. The number of hydrogen-bond acceptors (Lipinski definition) is 5. The van der Waals surface area contributed by atoms with Crippen LogP contribution in [0.15, 0.2) is 10.6 Å². The maximum absolute atomic E-state index is 12.4. The molecule has 1 amide bonds. The number of alkyl halides is 3. The predicted octanol–water partition coefficient (Wildman–Crippen LogP) is 2.08. The SMILES string of the molecule is COc1cc(C(=O)NC(C)C2CCN(CC(F)(F)F)CC2)on1. The topological polar surface area (TPSA) is 67.6 Å². The number of nitrogens with zero attached hydrogens (tertiary/aromatic N) is 2. The van der Waals surface area contributed by atoms with Gasteiger partial charge < -0.3 is 14.6 Å². The first-order valence-corrected chi connectivity index (χ1v) is 7.39. The van der Waals surface area contributed by atoms with Gasteiger partial charge in [0.05, 0.1) is 19.7 Å². The van der Waals surface area contributed by atoms with Crippen molar-refractivity contribution in [1.29, 1.82) is 0 Å². The molecule has 1 N–H and O–H groups in total. The van der Waals surface area contributed by atoms with Gasteiger partial charge in [-0.3, -0.25) is 9.69 Å². The van der Waals surface area contributed by atoms with Crippen LogP contribution in [0.4, 0.5) is 13.2 Å². The highest BCUT2D eigenvalue weighted by atomic mass is 19.4. The zero-order valence-corrected chi connectivity index (χ0v) is 13.0. The summed E-state index contributed by atoms with van der Waals surface area (Å²) in [7, 11) is 1.41. The van der Waals surface area contributed by atoms with Crippen molar-refractivity contribution in [2.75, 3.05) is 26.7 Å². The summed E-state index contributed by atoms with van der Waals surface area (Å²) in [4.78, 5) is 13.4. The Balaban J connectivity index is 1.80. The Labute approximate surface area is 131 Å². The number of amides is 1. The zero-order chi connectivity index (χ0) is 17.0. The van der Waals surface area contributed by atoms with Gasteiger partial charge in [0, 0.05) is 6.04 Å². The van der Waals surface area contributed by atoms with Gasteiger partial charge in [0.15, 0.2) is 0 Å². The van der Waals surface area contributed by atoms with Crippen LogP contribution in [0.2, 0.25) is 0 Å². The summed E-state index contributed by atoms with van der Waals surface area (Å²) in [5.41, 5.74) is 0. The molecule has 2 rings (SSSR count). The van der Waals surface area contributed by atoms with Crippen LogP contribution < -0.4 is 10.1 Å². The van der Waals surface area contributed by atoms with Crippen LogP contribution in [0.3, 0.4) is 0 Å². The van der Waals surface area contributed by atoms with E-state index in [-0.39, 0.29) is 23.6 Å². The fourth-order valence-corrected chi connectivity index (χ4v) is 2.72. The molecule has 1 fully saturated rings. The monoisotopic (exact) mass is 335 g/mol. The molecule has 1 saturated heterocycles. The third-order valence-corrected chi connectivity index (χ3v) is 4.02. The quantitative estimate of drug-likeness (QED) is 0.892. The number of carbonyl (C=O) groups excluding carboxylic acids is 1. The number of likely N-dealkylation sites (tertiary alicyclic amines) is 1. The van der Waals surface area contributed by atoms with Crippen LogP contribution in [0, 0.1) is 5.92 Å². The highest BCUT2D eigenvalue weighted by Gasteiger charge is 2.33. The number of aromatic nitrogens is 1. The second-order valence-corrected chi connectivity index (χ2v) is 5.72. The summed E-state index contributed by atoms with van der Waals surface area (Å²) in [5.74, 6) is -0.0225. The zero-order valence-electron chi connectivity index (χ0n) is 13.0. The predicted molar refractivity (Wildman–Crippen MR) is 75.2 cm³/mol. The summed E-state index contributed by atoms with van der Waals surface area (Å²) in [6.07, 6.45) is -2.95. The highest BCUT2D eigenvalue weighted by Crippen LogP contribution is 2.24. The average molecular weight is 335 g/mol. The highest BCUT2D eigenvalue weighted by molar-refractivity contribution is 5.91. The van der Waals surface area contributed by atoms with E-state index in [9.17, 15) is 18.0 Å². The molecule has 0 aromatic carbocycles. The summed E-state index contributed by atoms with van der Waals surface area (Å²) < 4.78 is 46.8. The van der Waals surface area contributed by atoms with Crippen LogP contribution in [-0.4, -0.2) is 54.9 Å². The molecule has 1 atom stereocenters. The van der Waals surface area contributed by atoms with Gasteiger partial charge in [-0.1, -0.05) is 0 Å². The molecule has 23 heavy (non-hydrogen) atoms. The van der Waals surface area contributed by atoms with E-state index in [0.717, 1.165) is 0 Å². The van der Waals surface area contributed by atoms with Crippen molar-refractivity contribution in [3.8, 4) is 5.88 Å². The standard InChI is InChI=1S/C14H20F3N3O3/c1-9(18-13(21)11-7-12(22-2)19-23-11)10-3-5-20(6-4-10)8-14(15,16)17/h7,9-10H,3-6,8H2,1-2H3,(H,18,21). The van der Waals surface area contributed by atoms with Gasteiger partial charge in [0.2, 0.25) is 5.76 Å². The lowest BCUT2D eigenvalue weighted by atomic mass is 9.90. The van der Waals surface area contributed by atoms with Crippen molar-refractivity contribution in [3.63, 3.8) is 0 Å². The number of hydrogen-bond donors (Lipinski definition) is 1. The van der Waals surface area contributed by atoms with Crippen LogP contribution >= 0.6 is 0 Å². The number of ether oxygens (including phenoxy) is 1. The molecule has 0 spiro atoms. The smallest absolute Gasteiger partial charge is 0.401 e. The molecule has 0 bridgehead atoms. The summed E-state index contributed by atoms with van der Waals surface area (Å²) >= 11 is 0. The van der Waals surface area contributed by atoms with E-state index in [1.807, 2.05) is 6.92 Å². The Morgan fingerprint density at radius 3 is 2.70 bits per heavy atom. The minimum atomic E-state index is -4.17. The molecule has 0 aliphatic carbocycles. The van der Waals surface area contributed by atoms with Gasteiger partial charge in [-0.05, 0) is 43.9 Å². The molecule has 0 saturated carbocycles. The molecular weight excluding hydrogens is 315 g/mol. The lowest BCUT2D eigenvalue weighted by molar-refractivity contribution is -0.148. The third-order valence-electron chi connectivity index (χ3n) is 4.02. The van der Waals surface area contributed by atoms with Crippen molar-refractivity contribution in [3.05, 3.63) is 11.8 Å². The maximum Gasteiger partial charge on any atom is 0.401 e. The summed E-state index contributed by atoms with van der Waals surface area (Å²) in [6.45, 7) is 1.72. The normalized spacial score (nSPS) is 18.7. The second kappa shape index (κ2) is 7.20. The molecule has 1 aliphatic heterocycles. The second-order valence-electron chi connectivity index (χ2n) is 5.72. The Morgan fingerprint density at radius 1 is 1.52 bits per heavy atom. The van der Waals surface area contributed by atoms with Crippen LogP contribution in [0.5, 0.6) is 5.88 Å². The molecule has 130 valence electrons. The maximum atomic E-state index is 12.4. The van der Waals surface area contributed by atoms with E-state index in [1.165, 1.54) is 18.1 Å². The van der Waals surface area contributed by atoms with Gasteiger partial charge in [-0.2, -0.15) is 13.2 Å². The first-order valence-electron chi connectivity index (χ1n) is 7.39. The Kier molecular flexibility index (Phi) is 5.51. The largest absolute Gasteiger partial charge is 0.479 e. The van der Waals surface area contributed by atoms with E-state index >= 15 is 0 Å². The van der Waals surface area contributed by atoms with E-state index < -0.39 is 18.6 Å². The lowest BCUT2D eigenvalue weighted by Crippen LogP contribution is -2.46. The van der Waals surface area contributed by atoms with Crippen LogP contribution in [0.25, 0.3) is 0 Å². The Hall–Kier alpha value is -1.77. The van der Waals surface area contributed by atoms with E-state index in [4.69, 9.17) is 9.26 Å². The molecule has 1 aliphatic rings. The van der Waals surface area contributed by atoms with Crippen molar-refractivity contribution in [2.45, 2.75) is 32.0 Å². The number of halogens is 3. The molecule has 1 aromatic heterocycles. The van der Waals surface area contributed by atoms with Gasteiger partial charge in [-0.25, -0.2) is 0 Å². The van der Waals surface area contributed by atoms with Crippen molar-refractivity contribution in [2.24, 2.45) is 5.92 Å². The molecule has 6 nitrogen and oxygen atoms in total. The number of carbonyl (C=O) groups is 1. The molecule has 1 aromatic rings. The van der Waals surface area contributed by atoms with Gasteiger partial charge >= 0.3 is 6.18 Å². The lowest BCUT2D eigenvalue weighted by Gasteiger charge is -2.35. The van der Waals surface area contributed by atoms with Gasteiger partial charge in [0.1, 0.15) is 0 Å². The van der Waals surface area contributed by atoms with Gasteiger partial charge in [0.25, 0.3) is 11.8 Å². The molecular formula is C14H20F3N3O3. The fourth-order valence-electron chi connectivity index (χ4n) is 2.72. The fraction of sp³-hybridized carbons (Fsp3) is 0.714. The van der Waals surface area contributed by atoms with Crippen molar-refractivity contribution >= 4 is 5.91 Å². The molecule has 9 heteroatoms. The molecule has 2 heterocycles. The number of nitrogens with one attached hydrogen (secondary N) is 1. The Morgan fingerprint density at radius 2 is 2.17 bits per heavy atom. The van der Waals surface area contributed by atoms with E-state index in [1.54, 1.807) is 0 Å². The number of rotatable bonds is 5. The molecule has 1 unspecified atom stereocenters. The number of methoxy groups -OCH3 is 1. The van der Waals surface area contributed by atoms with E-state index in [0.29, 0.717) is 25.9 Å². The van der Waals surface area contributed by atoms with Crippen LogP contribution in [0.1, 0.15) is 30.3 Å². The first kappa shape index (κ1) is 17.6. The molecule has 0 radical (unpaired) electrons. The summed E-state index contributed by atoms with van der Waals surface area (Å²) in [6, 6.07) is 1.22. The first-order chi connectivity index (χ1) is 10.8. The van der Waals surface area contributed by atoms with Crippen LogP contribution in [-0.2, 0) is 0 Å². The average Bonchev–Trinajstić information content (AvgIpc) is 2.95. The minimum absolute atomic E-state index is 0.0446. The van der Waals surface area contributed by atoms with Gasteiger partial charge in [-0.15, -0.1) is 0 Å². The van der Waals surface area contributed by atoms with E-state index in [2.05, 4.69) is 10.5 Å². The Bertz CT molecular complexity index is 525. The minimum Gasteiger partial charge on any atom is -0.479 e. The third kappa shape index (κ3) is 5.12. The van der Waals surface area contributed by atoms with Crippen molar-refractivity contribution in [1.82, 2.24) is 15.4 Å². The van der Waals surface area contributed by atoms with Crippen molar-refractivity contribution < 1.29 is 27.2 Å². The summed E-state index contributed by atoms with van der Waals surface area (Å²) in [5, 5.41) is 6.35.